The molecular weight excluding hydrogens is 228 g/mol. The monoisotopic (exact) mass is 242 g/mol. The number of nitrogens with zero attached hydrogens (tertiary/aromatic N) is 2. The topological polar surface area (TPSA) is 66.9 Å². The molecule has 2 aromatic rings. The normalized spacial score (nSPS) is 9.89. The standard InChI is InChI=1S/C13H14N4O/c1-9(18)17-12-7-10(6-11(8-12)14-2)13-15-4-3-5-16-13/h3-8,14H,1-2H3,(H,17,18). The van der Waals surface area contributed by atoms with E-state index < -0.39 is 0 Å². The van der Waals surface area contributed by atoms with Crippen molar-refractivity contribution >= 4 is 17.3 Å². The van der Waals surface area contributed by atoms with Crippen LogP contribution < -0.4 is 10.6 Å². The van der Waals surface area contributed by atoms with Crippen molar-refractivity contribution in [2.75, 3.05) is 17.7 Å². The summed E-state index contributed by atoms with van der Waals surface area (Å²) in [4.78, 5) is 19.5. The van der Waals surface area contributed by atoms with E-state index in [4.69, 9.17) is 0 Å². The molecule has 0 aliphatic carbocycles. The first-order valence-corrected chi connectivity index (χ1v) is 5.57. The van der Waals surface area contributed by atoms with Gasteiger partial charge in [0.1, 0.15) is 0 Å². The van der Waals surface area contributed by atoms with Crippen LogP contribution in [-0.2, 0) is 4.79 Å². The van der Waals surface area contributed by atoms with Crippen LogP contribution in [0.15, 0.2) is 36.7 Å². The fourth-order valence-electron chi connectivity index (χ4n) is 1.62. The van der Waals surface area contributed by atoms with Gasteiger partial charge in [0.2, 0.25) is 5.91 Å². The molecule has 1 amide bonds. The van der Waals surface area contributed by atoms with Gasteiger partial charge in [-0.15, -0.1) is 0 Å². The van der Waals surface area contributed by atoms with Crippen LogP contribution >= 0.6 is 0 Å². The molecule has 92 valence electrons. The highest BCUT2D eigenvalue weighted by atomic mass is 16.1. The second kappa shape index (κ2) is 5.27. The largest absolute Gasteiger partial charge is 0.388 e. The molecule has 0 unspecified atom stereocenters. The van der Waals surface area contributed by atoms with E-state index in [1.807, 2.05) is 25.2 Å². The van der Waals surface area contributed by atoms with Crippen molar-refractivity contribution in [2.45, 2.75) is 6.92 Å². The van der Waals surface area contributed by atoms with Gasteiger partial charge in [-0.1, -0.05) is 0 Å². The van der Waals surface area contributed by atoms with Crippen molar-refractivity contribution < 1.29 is 4.79 Å². The highest BCUT2D eigenvalue weighted by molar-refractivity contribution is 5.90. The Morgan fingerprint density at radius 2 is 1.78 bits per heavy atom. The summed E-state index contributed by atoms with van der Waals surface area (Å²) in [7, 11) is 1.82. The molecule has 5 heteroatoms. The fourth-order valence-corrected chi connectivity index (χ4v) is 1.62. The lowest BCUT2D eigenvalue weighted by Crippen LogP contribution is -2.06. The van der Waals surface area contributed by atoms with E-state index in [9.17, 15) is 4.79 Å². The number of benzene rings is 1. The Morgan fingerprint density at radius 3 is 2.39 bits per heavy atom. The minimum atomic E-state index is -0.108. The molecule has 5 nitrogen and oxygen atoms in total. The molecule has 0 spiro atoms. The van der Waals surface area contributed by atoms with Crippen molar-refractivity contribution in [1.29, 1.82) is 0 Å². The summed E-state index contributed by atoms with van der Waals surface area (Å²) >= 11 is 0. The number of anilines is 2. The SMILES string of the molecule is CNc1cc(NC(C)=O)cc(-c2ncccn2)c1. The molecule has 0 bridgehead atoms. The first-order valence-electron chi connectivity index (χ1n) is 5.57. The molecule has 1 aromatic heterocycles. The van der Waals surface area contributed by atoms with Crippen LogP contribution in [0.25, 0.3) is 11.4 Å². The van der Waals surface area contributed by atoms with Crippen LogP contribution in [0.2, 0.25) is 0 Å². The number of amides is 1. The summed E-state index contributed by atoms with van der Waals surface area (Å²) in [5, 5.41) is 5.80. The van der Waals surface area contributed by atoms with Gasteiger partial charge in [0, 0.05) is 43.3 Å². The number of aromatic nitrogens is 2. The number of carbonyl (C=O) groups excluding carboxylic acids is 1. The van der Waals surface area contributed by atoms with E-state index >= 15 is 0 Å². The molecule has 1 aromatic carbocycles. The molecule has 0 atom stereocenters. The zero-order valence-corrected chi connectivity index (χ0v) is 10.3. The lowest BCUT2D eigenvalue weighted by molar-refractivity contribution is -0.114. The smallest absolute Gasteiger partial charge is 0.221 e. The zero-order chi connectivity index (χ0) is 13.0. The van der Waals surface area contributed by atoms with Crippen LogP contribution in [-0.4, -0.2) is 22.9 Å². The first kappa shape index (κ1) is 12.0. The van der Waals surface area contributed by atoms with Crippen LogP contribution in [0.4, 0.5) is 11.4 Å². The molecule has 0 saturated carbocycles. The van der Waals surface area contributed by atoms with Gasteiger partial charge >= 0.3 is 0 Å². The predicted octanol–water partition coefficient (Wildman–Crippen LogP) is 2.14. The number of rotatable bonds is 3. The predicted molar refractivity (Wildman–Crippen MR) is 71.3 cm³/mol. The van der Waals surface area contributed by atoms with E-state index in [1.165, 1.54) is 6.92 Å². The highest BCUT2D eigenvalue weighted by Gasteiger charge is 2.05. The van der Waals surface area contributed by atoms with Gasteiger partial charge in [0.25, 0.3) is 0 Å². The summed E-state index contributed by atoms with van der Waals surface area (Å²) in [5.74, 6) is 0.518. The fraction of sp³-hybridized carbons (Fsp3) is 0.154. The summed E-state index contributed by atoms with van der Waals surface area (Å²) in [6.07, 6.45) is 3.37. The minimum Gasteiger partial charge on any atom is -0.388 e. The number of hydrogen-bond donors (Lipinski definition) is 2. The molecular formula is C13H14N4O. The molecule has 0 fully saturated rings. The van der Waals surface area contributed by atoms with Crippen LogP contribution in [0.5, 0.6) is 0 Å². The lowest BCUT2D eigenvalue weighted by Gasteiger charge is -2.09. The summed E-state index contributed by atoms with van der Waals surface area (Å²) < 4.78 is 0. The maximum atomic E-state index is 11.1. The van der Waals surface area contributed by atoms with Crippen molar-refractivity contribution in [3.8, 4) is 11.4 Å². The van der Waals surface area contributed by atoms with Crippen molar-refractivity contribution in [1.82, 2.24) is 9.97 Å². The number of hydrogen-bond acceptors (Lipinski definition) is 4. The third kappa shape index (κ3) is 2.82. The van der Waals surface area contributed by atoms with E-state index in [-0.39, 0.29) is 5.91 Å². The van der Waals surface area contributed by atoms with Gasteiger partial charge in [0.05, 0.1) is 0 Å². The Morgan fingerprint density at radius 1 is 1.11 bits per heavy atom. The molecule has 1 heterocycles. The Kier molecular flexibility index (Phi) is 3.52. The maximum absolute atomic E-state index is 11.1. The quantitative estimate of drug-likeness (QED) is 0.865. The molecule has 0 radical (unpaired) electrons. The lowest BCUT2D eigenvalue weighted by atomic mass is 10.1. The zero-order valence-electron chi connectivity index (χ0n) is 10.3. The summed E-state index contributed by atoms with van der Waals surface area (Å²) in [6.45, 7) is 1.48. The van der Waals surface area contributed by atoms with E-state index in [1.54, 1.807) is 18.5 Å². The van der Waals surface area contributed by atoms with Crippen molar-refractivity contribution in [2.24, 2.45) is 0 Å². The number of nitrogens with one attached hydrogen (secondary N) is 2. The van der Waals surface area contributed by atoms with Crippen LogP contribution in [0.3, 0.4) is 0 Å². The second-order valence-corrected chi connectivity index (χ2v) is 3.80. The van der Waals surface area contributed by atoms with E-state index in [0.717, 1.165) is 16.9 Å². The second-order valence-electron chi connectivity index (χ2n) is 3.80. The molecule has 0 saturated heterocycles. The summed E-state index contributed by atoms with van der Waals surface area (Å²) in [5.41, 5.74) is 2.46. The van der Waals surface area contributed by atoms with Gasteiger partial charge in [-0.05, 0) is 24.3 Å². The maximum Gasteiger partial charge on any atom is 0.221 e. The minimum absolute atomic E-state index is 0.108. The Bertz CT molecular complexity index is 554. The van der Waals surface area contributed by atoms with Gasteiger partial charge in [0.15, 0.2) is 5.82 Å². The van der Waals surface area contributed by atoms with Gasteiger partial charge in [-0.2, -0.15) is 0 Å². The Hall–Kier alpha value is -2.43. The Balaban J connectivity index is 2.44. The molecule has 0 aliphatic rings. The van der Waals surface area contributed by atoms with Crippen molar-refractivity contribution in [3.05, 3.63) is 36.7 Å². The summed E-state index contributed by atoms with van der Waals surface area (Å²) in [6, 6.07) is 7.40. The molecule has 2 rings (SSSR count). The van der Waals surface area contributed by atoms with Gasteiger partial charge < -0.3 is 10.6 Å². The highest BCUT2D eigenvalue weighted by Crippen LogP contribution is 2.24. The molecule has 0 aliphatic heterocycles. The average Bonchev–Trinajstić information content (AvgIpc) is 2.38. The average molecular weight is 242 g/mol. The van der Waals surface area contributed by atoms with Crippen LogP contribution in [0, 0.1) is 0 Å². The Labute approximate surface area is 105 Å². The van der Waals surface area contributed by atoms with Gasteiger partial charge in [-0.25, -0.2) is 9.97 Å². The first-order chi connectivity index (χ1) is 8.69. The molecule has 18 heavy (non-hydrogen) atoms. The third-order valence-electron chi connectivity index (χ3n) is 2.37. The van der Waals surface area contributed by atoms with Crippen LogP contribution in [0.1, 0.15) is 6.92 Å². The van der Waals surface area contributed by atoms with E-state index in [2.05, 4.69) is 20.6 Å². The number of carbonyl (C=O) groups is 1. The van der Waals surface area contributed by atoms with Crippen molar-refractivity contribution in [3.63, 3.8) is 0 Å². The van der Waals surface area contributed by atoms with E-state index in [0.29, 0.717) is 5.82 Å². The van der Waals surface area contributed by atoms with Gasteiger partial charge in [-0.3, -0.25) is 4.79 Å². The third-order valence-corrected chi connectivity index (χ3v) is 2.37. The molecule has 2 N–H and O–H groups in total.